The molecule has 0 bridgehead atoms. The van der Waals surface area contributed by atoms with Crippen LogP contribution in [-0.2, 0) is 14.8 Å². The van der Waals surface area contributed by atoms with Crippen molar-refractivity contribution >= 4 is 28.4 Å². The maximum atomic E-state index is 12.9. The summed E-state index contributed by atoms with van der Waals surface area (Å²) in [7, 11) is -0.943. The minimum absolute atomic E-state index is 0. The summed E-state index contributed by atoms with van der Waals surface area (Å²) in [5.41, 5.74) is 0.205. The number of sulfonamides is 1. The number of hydrogen-bond acceptors (Lipinski definition) is 6. The third kappa shape index (κ3) is 5.13. The quantitative estimate of drug-likeness (QED) is 0.682. The van der Waals surface area contributed by atoms with Crippen molar-refractivity contribution < 1.29 is 22.7 Å². The van der Waals surface area contributed by atoms with Gasteiger partial charge in [-0.15, -0.1) is 12.4 Å². The summed E-state index contributed by atoms with van der Waals surface area (Å²) in [5.74, 6) is 0.449. The van der Waals surface area contributed by atoms with Gasteiger partial charge >= 0.3 is 5.97 Å². The molecule has 1 heterocycles. The van der Waals surface area contributed by atoms with Gasteiger partial charge in [0.15, 0.2) is 0 Å². The van der Waals surface area contributed by atoms with Crippen LogP contribution in [0.5, 0.6) is 5.75 Å². The highest BCUT2D eigenvalue weighted by molar-refractivity contribution is 7.89. The minimum atomic E-state index is -3.61. The Kier molecular flexibility index (Phi) is 7.50. The summed E-state index contributed by atoms with van der Waals surface area (Å²) in [6.07, 6.45) is 4.24. The number of nitrogens with one attached hydrogen (secondary N) is 1. The van der Waals surface area contributed by atoms with E-state index in [1.165, 1.54) is 49.6 Å². The predicted octanol–water partition coefficient (Wildman–Crippen LogP) is 2.06. The number of esters is 1. The lowest BCUT2D eigenvalue weighted by molar-refractivity contribution is 0.0597. The van der Waals surface area contributed by atoms with Gasteiger partial charge in [0.05, 0.1) is 19.1 Å². The molecule has 3 rings (SSSR count). The molecule has 0 amide bonds. The molecule has 1 N–H and O–H groups in total. The van der Waals surface area contributed by atoms with E-state index in [0.717, 1.165) is 25.3 Å². The normalized spacial score (nSPS) is 18.6. The number of ether oxygens (including phenoxy) is 2. The molecule has 1 aromatic rings. The zero-order chi connectivity index (χ0) is 18.7. The summed E-state index contributed by atoms with van der Waals surface area (Å²) >= 11 is 0. The van der Waals surface area contributed by atoms with Crippen molar-refractivity contribution in [3.05, 3.63) is 23.8 Å². The van der Waals surface area contributed by atoms with Gasteiger partial charge in [-0.3, -0.25) is 0 Å². The third-order valence-electron chi connectivity index (χ3n) is 5.06. The molecule has 27 heavy (non-hydrogen) atoms. The number of carbonyl (C=O) groups is 1. The van der Waals surface area contributed by atoms with Crippen LogP contribution in [0, 0.1) is 5.92 Å². The maximum Gasteiger partial charge on any atom is 0.341 e. The molecule has 9 heteroatoms. The SMILES string of the molecule is COC(=O)c1ccc(S(=O)(=O)N2CCC(NCC3CC3)CC2)cc1OC.Cl. The van der Waals surface area contributed by atoms with E-state index in [1.807, 2.05) is 0 Å². The van der Waals surface area contributed by atoms with E-state index in [1.54, 1.807) is 0 Å². The van der Waals surface area contributed by atoms with Gasteiger partial charge in [-0.05, 0) is 50.3 Å². The average molecular weight is 419 g/mol. The smallest absolute Gasteiger partial charge is 0.341 e. The van der Waals surface area contributed by atoms with Crippen molar-refractivity contribution in [2.45, 2.75) is 36.6 Å². The van der Waals surface area contributed by atoms with E-state index in [4.69, 9.17) is 9.47 Å². The molecule has 0 atom stereocenters. The number of hydrogen-bond donors (Lipinski definition) is 1. The number of carbonyl (C=O) groups excluding carboxylic acids is 1. The number of halogens is 1. The van der Waals surface area contributed by atoms with E-state index in [-0.39, 0.29) is 28.6 Å². The molecule has 0 unspecified atom stereocenters. The molecule has 2 aliphatic rings. The molecule has 0 spiro atoms. The van der Waals surface area contributed by atoms with Crippen LogP contribution in [0.1, 0.15) is 36.0 Å². The number of rotatable bonds is 7. The van der Waals surface area contributed by atoms with Crippen molar-refractivity contribution in [1.82, 2.24) is 9.62 Å². The van der Waals surface area contributed by atoms with Crippen LogP contribution in [0.4, 0.5) is 0 Å². The van der Waals surface area contributed by atoms with Crippen molar-refractivity contribution in [3.8, 4) is 5.75 Å². The molecule has 152 valence electrons. The largest absolute Gasteiger partial charge is 0.496 e. The number of methoxy groups -OCH3 is 2. The maximum absolute atomic E-state index is 12.9. The molecule has 2 fully saturated rings. The van der Waals surface area contributed by atoms with Crippen molar-refractivity contribution in [2.24, 2.45) is 5.92 Å². The highest BCUT2D eigenvalue weighted by Crippen LogP contribution is 2.29. The number of benzene rings is 1. The van der Waals surface area contributed by atoms with E-state index >= 15 is 0 Å². The summed E-state index contributed by atoms with van der Waals surface area (Å²) < 4.78 is 37.2. The van der Waals surface area contributed by atoms with Crippen LogP contribution < -0.4 is 10.1 Å². The highest BCUT2D eigenvalue weighted by Gasteiger charge is 2.31. The second kappa shape index (κ2) is 9.23. The second-order valence-electron chi connectivity index (χ2n) is 6.88. The van der Waals surface area contributed by atoms with Gasteiger partial charge in [-0.25, -0.2) is 13.2 Å². The first-order valence-electron chi connectivity index (χ1n) is 8.95. The lowest BCUT2D eigenvalue weighted by Crippen LogP contribution is -2.45. The second-order valence-corrected chi connectivity index (χ2v) is 8.82. The van der Waals surface area contributed by atoms with Crippen molar-refractivity contribution in [2.75, 3.05) is 33.9 Å². The summed E-state index contributed by atoms with van der Waals surface area (Å²) in [6, 6.07) is 4.64. The first-order valence-corrected chi connectivity index (χ1v) is 10.4. The molecule has 1 aliphatic heterocycles. The third-order valence-corrected chi connectivity index (χ3v) is 6.96. The van der Waals surface area contributed by atoms with Crippen LogP contribution >= 0.6 is 12.4 Å². The Morgan fingerprint density at radius 1 is 1.19 bits per heavy atom. The molecule has 1 aliphatic carbocycles. The monoisotopic (exact) mass is 418 g/mol. The number of piperidine rings is 1. The Hall–Kier alpha value is -1.35. The fraction of sp³-hybridized carbons (Fsp3) is 0.611. The van der Waals surface area contributed by atoms with Crippen LogP contribution in [-0.4, -0.2) is 58.6 Å². The van der Waals surface area contributed by atoms with Gasteiger partial charge in [0.1, 0.15) is 11.3 Å². The summed E-state index contributed by atoms with van der Waals surface area (Å²) in [4.78, 5) is 11.9. The Bertz CT molecular complexity index is 759. The Morgan fingerprint density at radius 2 is 1.85 bits per heavy atom. The molecule has 0 radical (unpaired) electrons. The van der Waals surface area contributed by atoms with Crippen LogP contribution in [0.15, 0.2) is 23.1 Å². The van der Waals surface area contributed by atoms with Gasteiger partial charge in [0, 0.05) is 25.2 Å². The molecule has 0 aromatic heterocycles. The minimum Gasteiger partial charge on any atom is -0.496 e. The van der Waals surface area contributed by atoms with E-state index in [9.17, 15) is 13.2 Å². The lowest BCUT2D eigenvalue weighted by atomic mass is 10.1. The number of nitrogens with zero attached hydrogens (tertiary/aromatic N) is 1. The zero-order valence-electron chi connectivity index (χ0n) is 15.6. The highest BCUT2D eigenvalue weighted by atomic mass is 35.5. The van der Waals surface area contributed by atoms with Crippen LogP contribution in [0.2, 0.25) is 0 Å². The van der Waals surface area contributed by atoms with E-state index in [2.05, 4.69) is 5.32 Å². The van der Waals surface area contributed by atoms with Crippen LogP contribution in [0.3, 0.4) is 0 Å². The molecular formula is C18H27ClN2O5S. The molecule has 1 saturated carbocycles. The fourth-order valence-corrected chi connectivity index (χ4v) is 4.70. The summed E-state index contributed by atoms with van der Waals surface area (Å²) in [6.45, 7) is 2.03. The molecule has 7 nitrogen and oxygen atoms in total. The van der Waals surface area contributed by atoms with E-state index < -0.39 is 16.0 Å². The first kappa shape index (κ1) is 21.9. The predicted molar refractivity (Wildman–Crippen MR) is 104 cm³/mol. The topological polar surface area (TPSA) is 84.9 Å². The van der Waals surface area contributed by atoms with Gasteiger partial charge in [-0.1, -0.05) is 0 Å². The lowest BCUT2D eigenvalue weighted by Gasteiger charge is -2.31. The Labute approximate surface area is 166 Å². The standard InChI is InChI=1S/C18H26N2O5S.ClH/c1-24-17-11-15(5-6-16(17)18(21)25-2)26(22,23)20-9-7-14(8-10-20)19-12-13-3-4-13;/h5-6,11,13-14,19H,3-4,7-10,12H2,1-2H3;1H. The Morgan fingerprint density at radius 3 is 2.41 bits per heavy atom. The van der Waals surface area contributed by atoms with Gasteiger partial charge in [0.25, 0.3) is 0 Å². The van der Waals surface area contributed by atoms with Gasteiger partial charge < -0.3 is 14.8 Å². The van der Waals surface area contributed by atoms with Gasteiger partial charge in [0.2, 0.25) is 10.0 Å². The Balaban J connectivity index is 0.00000261. The zero-order valence-corrected chi connectivity index (χ0v) is 17.3. The molecular weight excluding hydrogens is 392 g/mol. The van der Waals surface area contributed by atoms with E-state index in [0.29, 0.717) is 19.1 Å². The fourth-order valence-electron chi connectivity index (χ4n) is 3.22. The van der Waals surface area contributed by atoms with Crippen LogP contribution in [0.25, 0.3) is 0 Å². The summed E-state index contributed by atoms with van der Waals surface area (Å²) in [5, 5.41) is 3.55. The van der Waals surface area contributed by atoms with Gasteiger partial charge in [-0.2, -0.15) is 4.31 Å². The van der Waals surface area contributed by atoms with Crippen molar-refractivity contribution in [1.29, 1.82) is 0 Å². The molecule has 1 saturated heterocycles. The average Bonchev–Trinajstić information content (AvgIpc) is 3.50. The first-order chi connectivity index (χ1) is 12.5. The molecule has 1 aromatic carbocycles. The van der Waals surface area contributed by atoms with Crippen molar-refractivity contribution in [3.63, 3.8) is 0 Å².